The Labute approximate surface area is 240 Å². The van der Waals surface area contributed by atoms with Gasteiger partial charge in [-0.1, -0.05) is 103 Å². The molecule has 0 saturated carbocycles. The van der Waals surface area contributed by atoms with Gasteiger partial charge in [-0.05, 0) is 23.1 Å². The summed E-state index contributed by atoms with van der Waals surface area (Å²) in [6.07, 6.45) is -2.52. The first kappa shape index (κ1) is 30.4. The zero-order chi connectivity index (χ0) is 28.0. The predicted octanol–water partition coefficient (Wildman–Crippen LogP) is 5.15. The highest BCUT2D eigenvalue weighted by Gasteiger charge is 2.49. The second-order valence-electron chi connectivity index (χ2n) is 9.58. The smallest absolute Gasteiger partial charge is 0.186 e. The van der Waals surface area contributed by atoms with Gasteiger partial charge in [0.2, 0.25) is 0 Å². The summed E-state index contributed by atoms with van der Waals surface area (Å²) in [5.74, 6) is 0.380. The van der Waals surface area contributed by atoms with Crippen molar-refractivity contribution in [3.8, 4) is 0 Å². The van der Waals surface area contributed by atoms with Crippen molar-refractivity contribution < 1.29 is 33.6 Å². The summed E-state index contributed by atoms with van der Waals surface area (Å²) in [6, 6.07) is 29.8. The summed E-state index contributed by atoms with van der Waals surface area (Å²) >= 11 is 1.19. The van der Waals surface area contributed by atoms with Crippen LogP contribution >= 0.6 is 11.8 Å². The van der Waals surface area contributed by atoms with Gasteiger partial charge in [-0.25, -0.2) is 0 Å². The SMILES string of the molecule is CC(=O)SC[C@H]1O[C@H](OCCCO)[C@H](OCc2ccccc2)[C@@H](OCc2ccccc2)[C@H]1OCc1ccccc1. The Balaban J connectivity index is 1.63. The molecule has 8 heteroatoms. The number of benzene rings is 3. The fraction of sp³-hybridized carbons (Fsp3) is 0.406. The molecular weight excluding hydrogens is 528 g/mol. The Hall–Kier alpha value is -2.56. The molecule has 3 aromatic rings. The quantitative estimate of drug-likeness (QED) is 0.253. The second kappa shape index (κ2) is 16.6. The molecule has 0 unspecified atom stereocenters. The number of aliphatic hydroxyl groups excluding tert-OH is 1. The minimum atomic E-state index is -0.773. The van der Waals surface area contributed by atoms with Crippen molar-refractivity contribution in [3.05, 3.63) is 108 Å². The number of ether oxygens (including phenoxy) is 5. The average Bonchev–Trinajstić information content (AvgIpc) is 2.99. The lowest BCUT2D eigenvalue weighted by Gasteiger charge is -2.46. The molecule has 1 aliphatic heterocycles. The van der Waals surface area contributed by atoms with E-state index in [9.17, 15) is 9.90 Å². The molecule has 0 spiro atoms. The maximum Gasteiger partial charge on any atom is 0.186 e. The van der Waals surface area contributed by atoms with E-state index in [1.165, 1.54) is 18.7 Å². The van der Waals surface area contributed by atoms with Crippen LogP contribution in [0, 0.1) is 0 Å². The summed E-state index contributed by atoms with van der Waals surface area (Å²) in [5, 5.41) is 9.35. The highest BCUT2D eigenvalue weighted by Crippen LogP contribution is 2.32. The van der Waals surface area contributed by atoms with Crippen molar-refractivity contribution in [2.75, 3.05) is 19.0 Å². The molecule has 0 bridgehead atoms. The molecule has 0 radical (unpaired) electrons. The van der Waals surface area contributed by atoms with Crippen LogP contribution in [-0.2, 0) is 48.3 Å². The van der Waals surface area contributed by atoms with Crippen molar-refractivity contribution in [1.82, 2.24) is 0 Å². The van der Waals surface area contributed by atoms with Gasteiger partial charge < -0.3 is 28.8 Å². The normalized spacial score (nSPS) is 22.7. The summed E-state index contributed by atoms with van der Waals surface area (Å²) in [4.78, 5) is 11.9. The van der Waals surface area contributed by atoms with Crippen molar-refractivity contribution in [2.24, 2.45) is 0 Å². The van der Waals surface area contributed by atoms with Gasteiger partial charge in [-0.15, -0.1) is 0 Å². The molecule has 0 aromatic heterocycles. The Kier molecular flexibility index (Phi) is 12.6. The van der Waals surface area contributed by atoms with Crippen LogP contribution in [-0.4, -0.2) is 59.9 Å². The van der Waals surface area contributed by atoms with Gasteiger partial charge in [0.1, 0.15) is 18.3 Å². The summed E-state index contributed by atoms with van der Waals surface area (Å²) < 4.78 is 32.2. The second-order valence-corrected chi connectivity index (χ2v) is 10.8. The lowest BCUT2D eigenvalue weighted by Crippen LogP contribution is -2.61. The molecule has 4 rings (SSSR count). The van der Waals surface area contributed by atoms with E-state index in [1.54, 1.807) is 0 Å². The maximum atomic E-state index is 11.9. The van der Waals surface area contributed by atoms with Crippen LogP contribution < -0.4 is 0 Å². The van der Waals surface area contributed by atoms with E-state index in [0.29, 0.717) is 38.6 Å². The maximum absolute atomic E-state index is 11.9. The number of hydrogen-bond donors (Lipinski definition) is 1. The molecule has 1 saturated heterocycles. The molecule has 0 amide bonds. The number of carbonyl (C=O) groups excluding carboxylic acids is 1. The minimum Gasteiger partial charge on any atom is -0.396 e. The molecule has 5 atom stereocenters. The molecule has 1 N–H and O–H groups in total. The summed E-state index contributed by atoms with van der Waals surface area (Å²) in [7, 11) is 0. The highest BCUT2D eigenvalue weighted by molar-refractivity contribution is 8.13. The summed E-state index contributed by atoms with van der Waals surface area (Å²) in [6.45, 7) is 2.86. The van der Waals surface area contributed by atoms with E-state index in [4.69, 9.17) is 23.7 Å². The van der Waals surface area contributed by atoms with E-state index < -0.39 is 30.7 Å². The third-order valence-electron chi connectivity index (χ3n) is 6.48. The van der Waals surface area contributed by atoms with Gasteiger partial charge in [-0.3, -0.25) is 4.79 Å². The van der Waals surface area contributed by atoms with E-state index in [0.717, 1.165) is 16.7 Å². The monoisotopic (exact) mass is 566 g/mol. The fourth-order valence-corrected chi connectivity index (χ4v) is 5.14. The van der Waals surface area contributed by atoms with Crippen LogP contribution in [0.25, 0.3) is 0 Å². The van der Waals surface area contributed by atoms with Crippen LogP contribution in [0.1, 0.15) is 30.0 Å². The van der Waals surface area contributed by atoms with Crippen LogP contribution in [0.3, 0.4) is 0 Å². The number of aliphatic hydroxyl groups is 1. The van der Waals surface area contributed by atoms with Crippen LogP contribution in [0.2, 0.25) is 0 Å². The predicted molar refractivity (Wildman–Crippen MR) is 155 cm³/mol. The molecule has 0 aliphatic carbocycles. The van der Waals surface area contributed by atoms with Gasteiger partial charge >= 0.3 is 0 Å². The first-order chi connectivity index (χ1) is 19.6. The minimum absolute atomic E-state index is 0.00260. The largest absolute Gasteiger partial charge is 0.396 e. The van der Waals surface area contributed by atoms with E-state index >= 15 is 0 Å². The first-order valence-corrected chi connectivity index (χ1v) is 14.6. The molecule has 214 valence electrons. The number of rotatable bonds is 15. The average molecular weight is 567 g/mol. The molecule has 40 heavy (non-hydrogen) atoms. The fourth-order valence-electron chi connectivity index (χ4n) is 4.48. The molecular formula is C32H38O7S. The zero-order valence-corrected chi connectivity index (χ0v) is 23.6. The van der Waals surface area contributed by atoms with E-state index in [-0.39, 0.29) is 11.7 Å². The Morgan fingerprint density at radius 3 is 1.68 bits per heavy atom. The van der Waals surface area contributed by atoms with Crippen LogP contribution in [0.15, 0.2) is 91.0 Å². The van der Waals surface area contributed by atoms with Crippen molar-refractivity contribution in [1.29, 1.82) is 0 Å². The van der Waals surface area contributed by atoms with Crippen molar-refractivity contribution in [3.63, 3.8) is 0 Å². The van der Waals surface area contributed by atoms with E-state index in [2.05, 4.69) is 0 Å². The van der Waals surface area contributed by atoms with Crippen molar-refractivity contribution >= 4 is 16.9 Å². The Morgan fingerprint density at radius 2 is 1.20 bits per heavy atom. The van der Waals surface area contributed by atoms with E-state index in [1.807, 2.05) is 91.0 Å². The standard InChI is InChI=1S/C32H38O7S/c1-24(34)40-23-28-29(36-20-25-12-5-2-6-13-25)30(37-21-26-14-7-3-8-15-26)31(32(39-28)35-19-11-18-33)38-22-27-16-9-4-10-17-27/h2-10,12-17,28-33H,11,18-23H2,1H3/t28-,29+,30+,31-,32+/m1/s1. The van der Waals surface area contributed by atoms with Gasteiger partial charge in [0, 0.05) is 19.3 Å². The topological polar surface area (TPSA) is 83.5 Å². The van der Waals surface area contributed by atoms with Crippen LogP contribution in [0.4, 0.5) is 0 Å². The molecule has 1 fully saturated rings. The lowest BCUT2D eigenvalue weighted by molar-refractivity contribution is -0.319. The highest BCUT2D eigenvalue weighted by atomic mass is 32.2. The number of hydrogen-bond acceptors (Lipinski definition) is 8. The first-order valence-electron chi connectivity index (χ1n) is 13.6. The third-order valence-corrected chi connectivity index (χ3v) is 7.38. The molecule has 1 aliphatic rings. The summed E-state index contributed by atoms with van der Waals surface area (Å²) in [5.41, 5.74) is 3.05. The van der Waals surface area contributed by atoms with Gasteiger partial charge in [-0.2, -0.15) is 0 Å². The van der Waals surface area contributed by atoms with Gasteiger partial charge in [0.15, 0.2) is 11.4 Å². The Morgan fingerprint density at radius 1 is 0.725 bits per heavy atom. The molecule has 7 nitrogen and oxygen atoms in total. The van der Waals surface area contributed by atoms with Gasteiger partial charge in [0.05, 0.1) is 32.5 Å². The zero-order valence-electron chi connectivity index (χ0n) is 22.8. The molecule has 1 heterocycles. The number of thioether (sulfide) groups is 1. The third kappa shape index (κ3) is 9.52. The van der Waals surface area contributed by atoms with Gasteiger partial charge in [0.25, 0.3) is 0 Å². The lowest BCUT2D eigenvalue weighted by atomic mass is 9.98. The molecule has 3 aromatic carbocycles. The number of carbonyl (C=O) groups is 1. The van der Waals surface area contributed by atoms with Crippen LogP contribution in [0.5, 0.6) is 0 Å². The Bertz CT molecular complexity index is 1120. The van der Waals surface area contributed by atoms with Crippen molar-refractivity contribution in [2.45, 2.75) is 63.9 Å².